The SMILES string of the molecule is COc1cc(Nc2nc(C(C)=O)cc(-c3ccc(C(F)(F)F)cc3)n2)ccc1-n1cnc(C)c1. The molecule has 1 N–H and O–H groups in total. The van der Waals surface area contributed by atoms with Crippen LogP contribution in [0.4, 0.5) is 24.8 Å². The Hall–Kier alpha value is -4.21. The van der Waals surface area contributed by atoms with Crippen molar-refractivity contribution >= 4 is 17.4 Å². The van der Waals surface area contributed by atoms with Gasteiger partial charge < -0.3 is 14.6 Å². The molecule has 0 saturated heterocycles. The Bertz CT molecular complexity index is 1350. The lowest BCUT2D eigenvalue weighted by molar-refractivity contribution is -0.137. The molecule has 0 aliphatic carbocycles. The molecule has 2 heterocycles. The van der Waals surface area contributed by atoms with Crippen LogP contribution >= 0.6 is 0 Å². The predicted octanol–water partition coefficient (Wildman–Crippen LogP) is 5.61. The highest BCUT2D eigenvalue weighted by molar-refractivity contribution is 5.93. The van der Waals surface area contributed by atoms with E-state index in [0.29, 0.717) is 22.7 Å². The van der Waals surface area contributed by atoms with Crippen LogP contribution in [0.15, 0.2) is 61.1 Å². The van der Waals surface area contributed by atoms with E-state index in [1.807, 2.05) is 23.8 Å². The molecule has 0 saturated carbocycles. The minimum Gasteiger partial charge on any atom is -0.494 e. The molecule has 0 aliphatic heterocycles. The Morgan fingerprint density at radius 1 is 1.06 bits per heavy atom. The minimum atomic E-state index is -4.44. The molecule has 10 heteroatoms. The fourth-order valence-electron chi connectivity index (χ4n) is 3.31. The molecule has 0 atom stereocenters. The number of halogens is 3. The maximum absolute atomic E-state index is 12.9. The van der Waals surface area contributed by atoms with Gasteiger partial charge in [-0.1, -0.05) is 12.1 Å². The van der Waals surface area contributed by atoms with Gasteiger partial charge >= 0.3 is 6.18 Å². The number of carbonyl (C=O) groups is 1. The normalized spacial score (nSPS) is 11.4. The zero-order valence-corrected chi connectivity index (χ0v) is 18.5. The van der Waals surface area contributed by atoms with E-state index in [1.54, 1.807) is 25.6 Å². The largest absolute Gasteiger partial charge is 0.494 e. The van der Waals surface area contributed by atoms with Crippen molar-refractivity contribution in [3.05, 3.63) is 78.0 Å². The molecule has 0 fully saturated rings. The highest BCUT2D eigenvalue weighted by Crippen LogP contribution is 2.32. The van der Waals surface area contributed by atoms with Crippen LogP contribution in [0.25, 0.3) is 16.9 Å². The number of hydrogen-bond acceptors (Lipinski definition) is 6. The van der Waals surface area contributed by atoms with Crippen molar-refractivity contribution in [3.8, 4) is 22.7 Å². The number of nitrogens with one attached hydrogen (secondary N) is 1. The maximum atomic E-state index is 12.9. The average molecular weight is 467 g/mol. The van der Waals surface area contributed by atoms with Crippen LogP contribution in [-0.4, -0.2) is 32.4 Å². The first-order valence-electron chi connectivity index (χ1n) is 10.2. The van der Waals surface area contributed by atoms with Crippen molar-refractivity contribution in [3.63, 3.8) is 0 Å². The molecule has 0 spiro atoms. The van der Waals surface area contributed by atoms with Crippen molar-refractivity contribution < 1.29 is 22.7 Å². The Morgan fingerprint density at radius 2 is 1.79 bits per heavy atom. The van der Waals surface area contributed by atoms with Crippen LogP contribution < -0.4 is 10.1 Å². The van der Waals surface area contributed by atoms with Gasteiger partial charge in [0.15, 0.2) is 5.78 Å². The zero-order chi connectivity index (χ0) is 24.5. The summed E-state index contributed by atoms with van der Waals surface area (Å²) in [5, 5.41) is 3.04. The van der Waals surface area contributed by atoms with Gasteiger partial charge in [-0.3, -0.25) is 4.79 Å². The van der Waals surface area contributed by atoms with E-state index in [0.717, 1.165) is 23.5 Å². The summed E-state index contributed by atoms with van der Waals surface area (Å²) in [6.45, 7) is 3.24. The van der Waals surface area contributed by atoms with E-state index in [1.165, 1.54) is 25.1 Å². The van der Waals surface area contributed by atoms with Gasteiger partial charge in [-0.05, 0) is 37.3 Å². The molecule has 0 bridgehead atoms. The molecular weight excluding hydrogens is 447 g/mol. The second-order valence-corrected chi connectivity index (χ2v) is 7.53. The molecule has 4 aromatic rings. The number of hydrogen-bond donors (Lipinski definition) is 1. The van der Waals surface area contributed by atoms with Gasteiger partial charge in [0.2, 0.25) is 5.95 Å². The van der Waals surface area contributed by atoms with Gasteiger partial charge in [-0.2, -0.15) is 13.2 Å². The summed E-state index contributed by atoms with van der Waals surface area (Å²) in [4.78, 5) is 24.9. The van der Waals surface area contributed by atoms with Crippen LogP contribution in [-0.2, 0) is 6.18 Å². The van der Waals surface area contributed by atoms with Crippen molar-refractivity contribution in [2.75, 3.05) is 12.4 Å². The number of methoxy groups -OCH3 is 1. The van der Waals surface area contributed by atoms with Crippen LogP contribution in [0.2, 0.25) is 0 Å². The highest BCUT2D eigenvalue weighted by Gasteiger charge is 2.30. The molecule has 0 amide bonds. The highest BCUT2D eigenvalue weighted by atomic mass is 19.4. The van der Waals surface area contributed by atoms with Crippen LogP contribution in [0.5, 0.6) is 5.75 Å². The molecule has 0 aliphatic rings. The van der Waals surface area contributed by atoms with Crippen LogP contribution in [0.1, 0.15) is 28.7 Å². The van der Waals surface area contributed by atoms with Gasteiger partial charge in [0, 0.05) is 30.4 Å². The monoisotopic (exact) mass is 467 g/mol. The number of imidazole rings is 1. The molecule has 34 heavy (non-hydrogen) atoms. The van der Waals surface area contributed by atoms with Crippen molar-refractivity contribution in [2.24, 2.45) is 0 Å². The number of ether oxygens (including phenoxy) is 1. The number of aryl methyl sites for hydroxylation is 1. The first kappa shape index (κ1) is 23.0. The van der Waals surface area contributed by atoms with E-state index < -0.39 is 11.7 Å². The molecule has 2 aromatic carbocycles. The van der Waals surface area contributed by atoms with Crippen molar-refractivity contribution in [1.29, 1.82) is 0 Å². The Morgan fingerprint density at radius 3 is 2.38 bits per heavy atom. The van der Waals surface area contributed by atoms with Crippen LogP contribution in [0.3, 0.4) is 0 Å². The third-order valence-electron chi connectivity index (χ3n) is 5.02. The van der Waals surface area contributed by atoms with E-state index in [2.05, 4.69) is 20.3 Å². The van der Waals surface area contributed by atoms with E-state index >= 15 is 0 Å². The first-order valence-corrected chi connectivity index (χ1v) is 10.2. The number of rotatable bonds is 6. The molecule has 0 unspecified atom stereocenters. The van der Waals surface area contributed by atoms with E-state index in [4.69, 9.17) is 4.74 Å². The van der Waals surface area contributed by atoms with Crippen molar-refractivity contribution in [1.82, 2.24) is 19.5 Å². The lowest BCUT2D eigenvalue weighted by Gasteiger charge is -2.13. The number of aromatic nitrogens is 4. The summed E-state index contributed by atoms with van der Waals surface area (Å²) < 4.78 is 46.0. The average Bonchev–Trinajstić information content (AvgIpc) is 3.24. The molecule has 2 aromatic heterocycles. The summed E-state index contributed by atoms with van der Waals surface area (Å²) in [5.74, 6) is 0.381. The Labute approximate surface area is 193 Å². The third-order valence-corrected chi connectivity index (χ3v) is 5.02. The fraction of sp³-hybridized carbons (Fsp3) is 0.167. The molecule has 4 rings (SSSR count). The standard InChI is InChI=1S/C24H20F3N5O2/c1-14-12-32(13-28-14)21-9-8-18(10-22(21)34-3)29-23-30-19(15(2)33)11-20(31-23)16-4-6-17(7-5-16)24(25,26)27/h4-13H,1-3H3,(H,29,30,31). The molecular formula is C24H20F3N5O2. The zero-order valence-electron chi connectivity index (χ0n) is 18.5. The van der Waals surface area contributed by atoms with Gasteiger partial charge in [-0.25, -0.2) is 15.0 Å². The second-order valence-electron chi connectivity index (χ2n) is 7.53. The van der Waals surface area contributed by atoms with E-state index in [-0.39, 0.29) is 17.4 Å². The van der Waals surface area contributed by atoms with E-state index in [9.17, 15) is 18.0 Å². The lowest BCUT2D eigenvalue weighted by atomic mass is 10.1. The topological polar surface area (TPSA) is 81.9 Å². The predicted molar refractivity (Wildman–Crippen MR) is 121 cm³/mol. The number of benzene rings is 2. The lowest BCUT2D eigenvalue weighted by Crippen LogP contribution is -2.06. The second kappa shape index (κ2) is 8.97. The van der Waals surface area contributed by atoms with Gasteiger partial charge in [0.1, 0.15) is 11.4 Å². The number of Topliss-reactive ketones (excluding diaryl/α,β-unsaturated/α-hetero) is 1. The summed E-state index contributed by atoms with van der Waals surface area (Å²) in [6.07, 6.45) is -0.904. The smallest absolute Gasteiger partial charge is 0.416 e. The summed E-state index contributed by atoms with van der Waals surface area (Å²) >= 11 is 0. The maximum Gasteiger partial charge on any atom is 0.416 e. The fourth-order valence-corrected chi connectivity index (χ4v) is 3.31. The number of ketones is 1. The van der Waals surface area contributed by atoms with Gasteiger partial charge in [-0.15, -0.1) is 0 Å². The number of anilines is 2. The minimum absolute atomic E-state index is 0.121. The Kier molecular flexibility index (Phi) is 6.06. The summed E-state index contributed by atoms with van der Waals surface area (Å²) in [5.41, 5.74) is 2.32. The number of alkyl halides is 3. The number of nitrogens with zero attached hydrogens (tertiary/aromatic N) is 4. The molecule has 7 nitrogen and oxygen atoms in total. The number of carbonyl (C=O) groups excluding carboxylic acids is 1. The summed E-state index contributed by atoms with van der Waals surface area (Å²) in [6, 6.07) is 11.4. The van der Waals surface area contributed by atoms with Crippen LogP contribution in [0, 0.1) is 6.92 Å². The first-order chi connectivity index (χ1) is 16.1. The molecule has 0 radical (unpaired) electrons. The summed E-state index contributed by atoms with van der Waals surface area (Å²) in [7, 11) is 1.54. The van der Waals surface area contributed by atoms with Crippen molar-refractivity contribution in [2.45, 2.75) is 20.0 Å². The quantitative estimate of drug-likeness (QED) is 0.371. The Balaban J connectivity index is 1.68. The molecule has 174 valence electrons. The van der Waals surface area contributed by atoms with Gasteiger partial charge in [0.25, 0.3) is 0 Å². The van der Waals surface area contributed by atoms with Gasteiger partial charge in [0.05, 0.1) is 36.1 Å². The third kappa shape index (κ3) is 4.90.